The summed E-state index contributed by atoms with van der Waals surface area (Å²) in [5, 5.41) is 0. The van der Waals surface area contributed by atoms with Gasteiger partial charge in [-0.05, 0) is 0 Å². The molecule has 0 aliphatic heterocycles. The fraction of sp³-hybridized carbons (Fsp3) is 0. The predicted octanol–water partition coefficient (Wildman–Crippen LogP) is 1.18. The SMILES string of the molecule is [O-2].[S]=[Ti+2]=[S]. The van der Waals surface area contributed by atoms with E-state index in [1.165, 1.54) is 0 Å². The minimum absolute atomic E-state index is 0. The molecule has 0 unspecified atom stereocenters. The van der Waals surface area contributed by atoms with Crippen molar-refractivity contribution in [2.75, 3.05) is 0 Å². The molecule has 0 saturated heterocycles. The van der Waals surface area contributed by atoms with Crippen molar-refractivity contribution in [1.29, 1.82) is 0 Å². The van der Waals surface area contributed by atoms with Crippen LogP contribution >= 0.6 is 19.4 Å². The van der Waals surface area contributed by atoms with E-state index in [1.807, 2.05) is 0 Å². The summed E-state index contributed by atoms with van der Waals surface area (Å²) in [6, 6.07) is 0. The first-order chi connectivity index (χ1) is 1.41. The van der Waals surface area contributed by atoms with Crippen molar-refractivity contribution in [1.82, 2.24) is 0 Å². The van der Waals surface area contributed by atoms with Crippen molar-refractivity contribution in [3.8, 4) is 0 Å². The molecule has 0 radical (unpaired) electrons. The van der Waals surface area contributed by atoms with E-state index in [9.17, 15) is 0 Å². The number of rotatable bonds is 0. The van der Waals surface area contributed by atoms with Gasteiger partial charge in [0.1, 0.15) is 0 Å². The Bertz CT molecular complexity index is 27.0. The molecule has 0 heterocycles. The van der Waals surface area contributed by atoms with Crippen LogP contribution in [0.2, 0.25) is 0 Å². The molecular formula is OS2Ti. The van der Waals surface area contributed by atoms with Crippen LogP contribution in [-0.2, 0) is 20.9 Å². The van der Waals surface area contributed by atoms with Crippen molar-refractivity contribution in [2.45, 2.75) is 0 Å². The summed E-state index contributed by atoms with van der Waals surface area (Å²) in [7, 11) is 8.67. The maximum absolute atomic E-state index is 4.33. The van der Waals surface area contributed by atoms with Gasteiger partial charge < -0.3 is 5.48 Å². The van der Waals surface area contributed by atoms with Crippen LogP contribution in [-0.4, -0.2) is 0 Å². The third-order valence-corrected chi connectivity index (χ3v) is 0. The molecule has 0 fully saturated rings. The molecule has 0 bridgehead atoms. The Labute approximate surface area is 40.4 Å². The van der Waals surface area contributed by atoms with E-state index in [0.717, 1.165) is 0 Å². The molecule has 4 heteroatoms. The summed E-state index contributed by atoms with van der Waals surface area (Å²) >= 11 is -0.333. The first-order valence-electron chi connectivity index (χ1n) is 0.408. The number of hydrogen-bond donors (Lipinski definition) is 0. The van der Waals surface area contributed by atoms with Gasteiger partial charge in [0.15, 0.2) is 0 Å². The van der Waals surface area contributed by atoms with Gasteiger partial charge >= 0.3 is 34.9 Å². The second-order valence-electron chi connectivity index (χ2n) is 0.0833. The van der Waals surface area contributed by atoms with Crippen LogP contribution in [0, 0.1) is 0 Å². The molecule has 4 heavy (non-hydrogen) atoms. The molecule has 1 nitrogen and oxygen atoms in total. The Kier molecular flexibility index (Phi) is 19.9. The van der Waals surface area contributed by atoms with Crippen LogP contribution in [0.1, 0.15) is 0 Å². The Morgan fingerprint density at radius 2 is 1.25 bits per heavy atom. The molecule has 0 atom stereocenters. The third-order valence-electron chi connectivity index (χ3n) is 0. The average molecular weight is 128 g/mol. The molecule has 0 aromatic carbocycles. The Hall–Kier alpha value is 1.11. The van der Waals surface area contributed by atoms with Gasteiger partial charge in [-0.3, -0.25) is 0 Å². The summed E-state index contributed by atoms with van der Waals surface area (Å²) in [6.07, 6.45) is 0. The number of hydrogen-bond acceptors (Lipinski definition) is 2. The summed E-state index contributed by atoms with van der Waals surface area (Å²) in [5.41, 5.74) is 0. The Morgan fingerprint density at radius 3 is 1.25 bits per heavy atom. The fourth-order valence-corrected chi connectivity index (χ4v) is 0. The van der Waals surface area contributed by atoms with Crippen molar-refractivity contribution in [3.63, 3.8) is 0 Å². The zero-order valence-corrected chi connectivity index (χ0v) is 4.92. The zero-order valence-electron chi connectivity index (χ0n) is 1.72. The zero-order chi connectivity index (χ0) is 2.71. The van der Waals surface area contributed by atoms with E-state index in [4.69, 9.17) is 0 Å². The van der Waals surface area contributed by atoms with Crippen LogP contribution < -0.4 is 0 Å². The molecule has 0 aromatic heterocycles. The van der Waals surface area contributed by atoms with Gasteiger partial charge in [-0.25, -0.2) is 0 Å². The van der Waals surface area contributed by atoms with Gasteiger partial charge in [0.25, 0.3) is 0 Å². The summed E-state index contributed by atoms with van der Waals surface area (Å²) in [4.78, 5) is 0. The molecule has 0 aliphatic rings. The second-order valence-corrected chi connectivity index (χ2v) is 3.09. The first kappa shape index (κ1) is 8.93. The summed E-state index contributed by atoms with van der Waals surface area (Å²) in [6.45, 7) is 0. The predicted molar refractivity (Wildman–Crippen MR) is 15.9 cm³/mol. The van der Waals surface area contributed by atoms with E-state index in [0.29, 0.717) is 0 Å². The van der Waals surface area contributed by atoms with Gasteiger partial charge in [-0.15, -0.1) is 0 Å². The van der Waals surface area contributed by atoms with Crippen LogP contribution in [0.25, 0.3) is 0 Å². The van der Waals surface area contributed by atoms with E-state index in [1.54, 1.807) is 0 Å². The van der Waals surface area contributed by atoms with Crippen LogP contribution in [0.15, 0.2) is 0 Å². The van der Waals surface area contributed by atoms with E-state index < -0.39 is 0 Å². The molecule has 0 aromatic rings. The van der Waals surface area contributed by atoms with Crippen molar-refractivity contribution < 1.29 is 20.9 Å². The van der Waals surface area contributed by atoms with E-state index >= 15 is 0 Å². The van der Waals surface area contributed by atoms with Crippen molar-refractivity contribution >= 4 is 19.4 Å². The van der Waals surface area contributed by atoms with Crippen LogP contribution in [0.5, 0.6) is 0 Å². The second kappa shape index (κ2) is 8.93. The van der Waals surface area contributed by atoms with Crippen LogP contribution in [0.4, 0.5) is 0 Å². The fourth-order valence-electron chi connectivity index (χ4n) is 0. The summed E-state index contributed by atoms with van der Waals surface area (Å²) in [5.74, 6) is 0. The van der Waals surface area contributed by atoms with Gasteiger partial charge in [-0.2, -0.15) is 0 Å². The normalized spacial score (nSPS) is 5.00. The van der Waals surface area contributed by atoms with E-state index in [2.05, 4.69) is 19.4 Å². The maximum atomic E-state index is 4.33. The Morgan fingerprint density at radius 1 is 1.25 bits per heavy atom. The average Bonchev–Trinajstić information content (AvgIpc) is 0.918. The molecule has 0 N–H and O–H groups in total. The summed E-state index contributed by atoms with van der Waals surface area (Å²) < 4.78 is 0. The molecule has 0 saturated carbocycles. The monoisotopic (exact) mass is 128 g/mol. The topological polar surface area (TPSA) is 28.5 Å². The van der Waals surface area contributed by atoms with Gasteiger partial charge in [0.05, 0.1) is 0 Å². The molecule has 0 rings (SSSR count). The Balaban J connectivity index is 0. The molecule has 0 spiro atoms. The molecule has 22 valence electrons. The van der Waals surface area contributed by atoms with Crippen LogP contribution in [0.3, 0.4) is 0 Å². The van der Waals surface area contributed by atoms with Gasteiger partial charge in [-0.1, -0.05) is 0 Å². The van der Waals surface area contributed by atoms with Crippen molar-refractivity contribution in [2.24, 2.45) is 0 Å². The quantitative estimate of drug-likeness (QED) is 0.458. The molecular weight excluding hydrogens is 128 g/mol. The van der Waals surface area contributed by atoms with E-state index in [-0.39, 0.29) is 20.9 Å². The minimum atomic E-state index is -0.333. The van der Waals surface area contributed by atoms with Gasteiger partial charge in [0, 0.05) is 0 Å². The standard InChI is InChI=1S/O.2S.Ti/q-2;;;+2. The van der Waals surface area contributed by atoms with Crippen molar-refractivity contribution in [3.05, 3.63) is 0 Å². The molecule has 0 aliphatic carbocycles. The first-order valence-corrected chi connectivity index (χ1v) is 5.05. The molecule has 0 amide bonds. The third kappa shape index (κ3) is 11.2. The van der Waals surface area contributed by atoms with Gasteiger partial charge in [0.2, 0.25) is 0 Å².